The highest BCUT2D eigenvalue weighted by molar-refractivity contribution is 5.83. The molecule has 1 saturated carbocycles. The van der Waals surface area contributed by atoms with E-state index >= 15 is 0 Å². The van der Waals surface area contributed by atoms with E-state index < -0.39 is 23.9 Å². The highest BCUT2D eigenvalue weighted by Crippen LogP contribution is 2.40. The van der Waals surface area contributed by atoms with Crippen LogP contribution in [0.25, 0.3) is 0 Å². The number of aliphatic carboxylic acids is 1. The minimum Gasteiger partial charge on any atom is -0.479 e. The Morgan fingerprint density at radius 2 is 2.14 bits per heavy atom. The zero-order chi connectivity index (χ0) is 15.1. The third-order valence-electron chi connectivity index (χ3n) is 3.91. The summed E-state index contributed by atoms with van der Waals surface area (Å²) in [6, 6.07) is 3.59. The maximum absolute atomic E-state index is 14.2. The number of carboxylic acid groups (broad SMARTS) is 1. The number of aryl methyl sites for hydroxylation is 1. The second kappa shape index (κ2) is 5.11. The number of ether oxygens (including phenoxy) is 1. The normalized spacial score (nSPS) is 26.0. The van der Waals surface area contributed by atoms with E-state index in [1.165, 1.54) is 11.0 Å². The van der Waals surface area contributed by atoms with Crippen molar-refractivity contribution in [2.45, 2.75) is 38.0 Å². The molecule has 21 heavy (non-hydrogen) atoms. The molecule has 1 saturated heterocycles. The Balaban J connectivity index is 2.08. The van der Waals surface area contributed by atoms with Crippen LogP contribution in [0.15, 0.2) is 18.2 Å². The van der Waals surface area contributed by atoms with E-state index in [4.69, 9.17) is 4.74 Å². The van der Waals surface area contributed by atoms with E-state index in [1.807, 2.05) is 0 Å². The minimum absolute atomic E-state index is 0.00633. The summed E-state index contributed by atoms with van der Waals surface area (Å²) in [5.74, 6) is -1.97. The first-order valence-corrected chi connectivity index (χ1v) is 6.90. The van der Waals surface area contributed by atoms with Gasteiger partial charge in [-0.3, -0.25) is 4.79 Å². The minimum atomic E-state index is -1.24. The summed E-state index contributed by atoms with van der Waals surface area (Å²) in [5, 5.41) is 9.35. The van der Waals surface area contributed by atoms with Crippen molar-refractivity contribution in [1.29, 1.82) is 0 Å². The van der Waals surface area contributed by atoms with Crippen molar-refractivity contribution in [3.8, 4) is 0 Å². The number of halogens is 1. The standard InChI is InChI=1S/C15H16FNO4/c1-8-2-5-11(16)10(6-8)13-14(15(19)20)21-7-12(18)17(13)9-3-4-9/h2,5-6,9,13-14H,3-4,7H2,1H3,(H,19,20). The Kier molecular flexibility index (Phi) is 3.41. The molecule has 2 atom stereocenters. The Labute approximate surface area is 121 Å². The van der Waals surface area contributed by atoms with Crippen molar-refractivity contribution in [2.75, 3.05) is 6.61 Å². The lowest BCUT2D eigenvalue weighted by molar-refractivity contribution is -0.174. The van der Waals surface area contributed by atoms with Gasteiger partial charge in [-0.2, -0.15) is 0 Å². The maximum atomic E-state index is 14.2. The average Bonchev–Trinajstić information content (AvgIpc) is 3.25. The molecule has 5 nitrogen and oxygen atoms in total. The van der Waals surface area contributed by atoms with Crippen molar-refractivity contribution >= 4 is 11.9 Å². The van der Waals surface area contributed by atoms with E-state index in [0.717, 1.165) is 18.4 Å². The Morgan fingerprint density at radius 1 is 1.43 bits per heavy atom. The fourth-order valence-electron chi connectivity index (χ4n) is 2.82. The molecule has 1 aromatic rings. The monoisotopic (exact) mass is 293 g/mol. The van der Waals surface area contributed by atoms with Crippen LogP contribution in [0, 0.1) is 12.7 Å². The lowest BCUT2D eigenvalue weighted by atomic mass is 9.95. The van der Waals surface area contributed by atoms with Crippen LogP contribution in [-0.4, -0.2) is 40.6 Å². The van der Waals surface area contributed by atoms with Crippen molar-refractivity contribution in [2.24, 2.45) is 0 Å². The van der Waals surface area contributed by atoms with Gasteiger partial charge in [-0.05, 0) is 25.8 Å². The molecule has 1 aliphatic heterocycles. The molecule has 6 heteroatoms. The lowest BCUT2D eigenvalue weighted by Crippen LogP contribution is -2.52. The van der Waals surface area contributed by atoms with Gasteiger partial charge >= 0.3 is 5.97 Å². The molecule has 1 heterocycles. The summed E-state index contributed by atoms with van der Waals surface area (Å²) in [6.07, 6.45) is 0.406. The highest BCUT2D eigenvalue weighted by Gasteiger charge is 2.48. The molecule has 2 aliphatic rings. The molecule has 0 spiro atoms. The molecular formula is C15H16FNO4. The fourth-order valence-corrected chi connectivity index (χ4v) is 2.82. The molecule has 1 aliphatic carbocycles. The number of amides is 1. The van der Waals surface area contributed by atoms with E-state index in [2.05, 4.69) is 0 Å². The van der Waals surface area contributed by atoms with E-state index in [0.29, 0.717) is 0 Å². The number of rotatable bonds is 3. The predicted molar refractivity (Wildman–Crippen MR) is 71.1 cm³/mol. The van der Waals surface area contributed by atoms with Crippen molar-refractivity contribution in [3.05, 3.63) is 35.1 Å². The molecule has 1 aromatic carbocycles. The molecule has 2 unspecified atom stereocenters. The van der Waals surface area contributed by atoms with Gasteiger partial charge in [0.15, 0.2) is 6.10 Å². The molecule has 0 radical (unpaired) electrons. The van der Waals surface area contributed by atoms with Crippen LogP contribution in [0.2, 0.25) is 0 Å². The van der Waals surface area contributed by atoms with Gasteiger partial charge in [0.2, 0.25) is 5.91 Å². The van der Waals surface area contributed by atoms with Gasteiger partial charge in [-0.15, -0.1) is 0 Å². The summed E-state index contributed by atoms with van der Waals surface area (Å²) in [6.45, 7) is 1.53. The maximum Gasteiger partial charge on any atom is 0.335 e. The van der Waals surface area contributed by atoms with Crippen LogP contribution < -0.4 is 0 Å². The molecule has 2 fully saturated rings. The van der Waals surface area contributed by atoms with Gasteiger partial charge in [-0.25, -0.2) is 9.18 Å². The summed E-state index contributed by atoms with van der Waals surface area (Å²) in [5.41, 5.74) is 1.02. The van der Waals surface area contributed by atoms with Crippen molar-refractivity contribution in [1.82, 2.24) is 4.90 Å². The number of nitrogens with zero attached hydrogens (tertiary/aromatic N) is 1. The second-order valence-corrected chi connectivity index (χ2v) is 5.57. The smallest absolute Gasteiger partial charge is 0.335 e. The van der Waals surface area contributed by atoms with E-state index in [1.54, 1.807) is 19.1 Å². The zero-order valence-corrected chi connectivity index (χ0v) is 11.6. The summed E-state index contributed by atoms with van der Waals surface area (Å²) in [4.78, 5) is 25.1. The summed E-state index contributed by atoms with van der Waals surface area (Å²) >= 11 is 0. The number of carbonyl (C=O) groups is 2. The van der Waals surface area contributed by atoms with Crippen molar-refractivity contribution in [3.63, 3.8) is 0 Å². The Morgan fingerprint density at radius 3 is 2.76 bits per heavy atom. The number of carbonyl (C=O) groups excluding carboxylic acids is 1. The van der Waals surface area contributed by atoms with Crippen LogP contribution in [0.3, 0.4) is 0 Å². The molecule has 3 rings (SSSR count). The first kappa shape index (κ1) is 14.0. The fraction of sp³-hybridized carbons (Fsp3) is 0.467. The highest BCUT2D eigenvalue weighted by atomic mass is 19.1. The Bertz CT molecular complexity index is 599. The van der Waals surface area contributed by atoms with Crippen LogP contribution in [0.5, 0.6) is 0 Å². The van der Waals surface area contributed by atoms with Crippen LogP contribution in [0.4, 0.5) is 4.39 Å². The molecule has 1 N–H and O–H groups in total. The first-order chi connectivity index (χ1) is 9.99. The molecule has 1 amide bonds. The van der Waals surface area contributed by atoms with E-state index in [9.17, 15) is 19.1 Å². The number of morpholine rings is 1. The number of hydrogen-bond donors (Lipinski definition) is 1. The van der Waals surface area contributed by atoms with Crippen LogP contribution in [-0.2, 0) is 14.3 Å². The molecule has 112 valence electrons. The number of hydrogen-bond acceptors (Lipinski definition) is 3. The first-order valence-electron chi connectivity index (χ1n) is 6.90. The second-order valence-electron chi connectivity index (χ2n) is 5.57. The van der Waals surface area contributed by atoms with Crippen molar-refractivity contribution < 1.29 is 23.8 Å². The zero-order valence-electron chi connectivity index (χ0n) is 11.6. The SMILES string of the molecule is Cc1ccc(F)c(C2C(C(=O)O)OCC(=O)N2C2CC2)c1. The summed E-state index contributed by atoms with van der Waals surface area (Å²) in [7, 11) is 0. The van der Waals surface area contributed by atoms with Gasteiger partial charge < -0.3 is 14.7 Å². The number of carboxylic acids is 1. The number of benzene rings is 1. The van der Waals surface area contributed by atoms with Crippen LogP contribution in [0.1, 0.15) is 30.0 Å². The summed E-state index contributed by atoms with van der Waals surface area (Å²) < 4.78 is 19.4. The lowest BCUT2D eigenvalue weighted by Gasteiger charge is -2.40. The van der Waals surface area contributed by atoms with Crippen LogP contribution >= 0.6 is 0 Å². The largest absolute Gasteiger partial charge is 0.479 e. The van der Waals surface area contributed by atoms with Gasteiger partial charge in [0.25, 0.3) is 0 Å². The average molecular weight is 293 g/mol. The van der Waals surface area contributed by atoms with Gasteiger partial charge in [0.1, 0.15) is 12.4 Å². The third kappa shape index (κ3) is 2.51. The quantitative estimate of drug-likeness (QED) is 0.920. The predicted octanol–water partition coefficient (Wildman–Crippen LogP) is 1.65. The van der Waals surface area contributed by atoms with Gasteiger partial charge in [0, 0.05) is 11.6 Å². The molecule has 0 bridgehead atoms. The third-order valence-corrected chi connectivity index (χ3v) is 3.91. The van der Waals surface area contributed by atoms with E-state index in [-0.39, 0.29) is 24.1 Å². The molecular weight excluding hydrogens is 277 g/mol. The Hall–Kier alpha value is -1.95. The topological polar surface area (TPSA) is 66.8 Å². The van der Waals surface area contributed by atoms with Gasteiger partial charge in [0.05, 0.1) is 6.04 Å². The molecule has 0 aromatic heterocycles. The van der Waals surface area contributed by atoms with Gasteiger partial charge in [-0.1, -0.05) is 17.7 Å².